The van der Waals surface area contributed by atoms with Crippen molar-refractivity contribution in [3.05, 3.63) is 45.6 Å². The quantitative estimate of drug-likeness (QED) is 0.753. The van der Waals surface area contributed by atoms with Gasteiger partial charge < -0.3 is 15.5 Å². The molecule has 0 aliphatic heterocycles. The molecule has 6 nitrogen and oxygen atoms in total. The zero-order chi connectivity index (χ0) is 21.0. The molecule has 1 aliphatic rings. The summed E-state index contributed by atoms with van der Waals surface area (Å²) in [6, 6.07) is 8.89. The van der Waals surface area contributed by atoms with E-state index in [4.69, 9.17) is 0 Å². The van der Waals surface area contributed by atoms with Gasteiger partial charge in [-0.05, 0) is 68.0 Å². The summed E-state index contributed by atoms with van der Waals surface area (Å²) in [5.41, 5.74) is 2.57. The molecule has 3 rings (SSSR count). The number of aryl methyl sites for hydroxylation is 1. The number of anilines is 2. The van der Waals surface area contributed by atoms with Crippen molar-refractivity contribution < 1.29 is 14.4 Å². The van der Waals surface area contributed by atoms with Gasteiger partial charge in [0, 0.05) is 29.7 Å². The highest BCUT2D eigenvalue weighted by atomic mass is 32.1. The van der Waals surface area contributed by atoms with Gasteiger partial charge >= 0.3 is 0 Å². The molecule has 0 unspecified atom stereocenters. The smallest absolute Gasteiger partial charge is 0.264 e. The molecule has 1 aliphatic carbocycles. The van der Waals surface area contributed by atoms with Gasteiger partial charge in [0.1, 0.15) is 6.54 Å². The van der Waals surface area contributed by atoms with Crippen LogP contribution in [0.25, 0.3) is 0 Å². The number of amides is 3. The molecule has 0 radical (unpaired) electrons. The van der Waals surface area contributed by atoms with Gasteiger partial charge in [0.15, 0.2) is 0 Å². The average Bonchev–Trinajstić information content (AvgIpc) is 3.10. The minimum atomic E-state index is -0.248. The van der Waals surface area contributed by atoms with Crippen molar-refractivity contribution in [3.8, 4) is 0 Å². The van der Waals surface area contributed by atoms with Crippen molar-refractivity contribution in [3.63, 3.8) is 0 Å². The molecule has 3 amide bonds. The fraction of sp³-hybridized carbons (Fsp3) is 0.409. The predicted octanol–water partition coefficient (Wildman–Crippen LogP) is 3.93. The Hall–Kier alpha value is -2.67. The summed E-state index contributed by atoms with van der Waals surface area (Å²) in [4.78, 5) is 40.1. The summed E-state index contributed by atoms with van der Waals surface area (Å²) in [5.74, 6) is 0.173. The van der Waals surface area contributed by atoms with Crippen molar-refractivity contribution in [1.29, 1.82) is 0 Å². The van der Waals surface area contributed by atoms with Crippen LogP contribution in [-0.2, 0) is 22.4 Å². The van der Waals surface area contributed by atoms with Crippen molar-refractivity contribution in [1.82, 2.24) is 4.90 Å². The molecule has 2 N–H and O–H groups in total. The first kappa shape index (κ1) is 21.0. The second kappa shape index (κ2) is 9.22. The third-order valence-electron chi connectivity index (χ3n) is 5.03. The van der Waals surface area contributed by atoms with E-state index in [1.165, 1.54) is 23.8 Å². The summed E-state index contributed by atoms with van der Waals surface area (Å²) < 4.78 is 0. The van der Waals surface area contributed by atoms with Crippen molar-refractivity contribution >= 4 is 40.4 Å². The third-order valence-corrected chi connectivity index (χ3v) is 6.26. The maximum atomic E-state index is 12.9. The van der Waals surface area contributed by atoms with Crippen LogP contribution in [0.5, 0.6) is 0 Å². The van der Waals surface area contributed by atoms with E-state index < -0.39 is 0 Å². The number of hydrogen-bond acceptors (Lipinski definition) is 4. The van der Waals surface area contributed by atoms with E-state index in [1.54, 1.807) is 40.5 Å². The summed E-state index contributed by atoms with van der Waals surface area (Å²) in [5, 5.41) is 5.49. The van der Waals surface area contributed by atoms with E-state index >= 15 is 0 Å². The van der Waals surface area contributed by atoms with E-state index in [1.807, 2.05) is 13.0 Å². The first-order valence-corrected chi connectivity index (χ1v) is 10.8. The fourth-order valence-corrected chi connectivity index (χ4v) is 4.68. The highest BCUT2D eigenvalue weighted by Crippen LogP contribution is 2.32. The van der Waals surface area contributed by atoms with Crippen LogP contribution in [0.1, 0.15) is 47.3 Å². The summed E-state index contributed by atoms with van der Waals surface area (Å²) in [6.07, 6.45) is 3.23. The predicted molar refractivity (Wildman–Crippen MR) is 116 cm³/mol. The summed E-state index contributed by atoms with van der Waals surface area (Å²) in [7, 11) is 0. The molecule has 0 saturated heterocycles. The van der Waals surface area contributed by atoms with Crippen LogP contribution in [-0.4, -0.2) is 35.7 Å². The van der Waals surface area contributed by atoms with E-state index in [0.29, 0.717) is 23.8 Å². The number of fused-ring (bicyclic) bond motifs is 1. The highest BCUT2D eigenvalue weighted by Gasteiger charge is 2.24. The Morgan fingerprint density at radius 2 is 1.79 bits per heavy atom. The highest BCUT2D eigenvalue weighted by molar-refractivity contribution is 7.14. The van der Waals surface area contributed by atoms with Gasteiger partial charge in [0.05, 0.1) is 4.88 Å². The fourth-order valence-electron chi connectivity index (χ4n) is 3.51. The van der Waals surface area contributed by atoms with Gasteiger partial charge in [0.2, 0.25) is 11.8 Å². The molecular formula is C22H27N3O3S. The second-order valence-electron chi connectivity index (χ2n) is 7.53. The van der Waals surface area contributed by atoms with Crippen molar-refractivity contribution in [2.24, 2.45) is 5.92 Å². The van der Waals surface area contributed by atoms with E-state index in [9.17, 15) is 14.4 Å². The van der Waals surface area contributed by atoms with E-state index in [0.717, 1.165) is 17.7 Å². The molecule has 1 heterocycles. The topological polar surface area (TPSA) is 78.5 Å². The molecule has 7 heteroatoms. The molecule has 29 heavy (non-hydrogen) atoms. The lowest BCUT2D eigenvalue weighted by molar-refractivity contribution is -0.117. The largest absolute Gasteiger partial charge is 0.329 e. The SMILES string of the molecule is CCN(CC(=O)Nc1ccc(NC(C)=O)cc1)C(=O)c1cc2c(s1)CC[C@@H](C)C2. The van der Waals surface area contributed by atoms with Gasteiger partial charge in [-0.1, -0.05) is 6.92 Å². The zero-order valence-electron chi connectivity index (χ0n) is 17.1. The van der Waals surface area contributed by atoms with Crippen LogP contribution in [0.4, 0.5) is 11.4 Å². The maximum Gasteiger partial charge on any atom is 0.264 e. The van der Waals surface area contributed by atoms with E-state index in [2.05, 4.69) is 17.6 Å². The second-order valence-corrected chi connectivity index (χ2v) is 8.67. The molecule has 0 fully saturated rings. The van der Waals surface area contributed by atoms with Gasteiger partial charge in [0.25, 0.3) is 5.91 Å². The molecule has 1 aromatic heterocycles. The number of hydrogen-bond donors (Lipinski definition) is 2. The monoisotopic (exact) mass is 413 g/mol. The lowest BCUT2D eigenvalue weighted by Gasteiger charge is -2.19. The lowest BCUT2D eigenvalue weighted by atomic mass is 9.90. The molecule has 0 saturated carbocycles. The summed E-state index contributed by atoms with van der Waals surface area (Å²) in [6.45, 7) is 6.03. The Morgan fingerprint density at radius 1 is 1.14 bits per heavy atom. The lowest BCUT2D eigenvalue weighted by Crippen LogP contribution is -2.37. The van der Waals surface area contributed by atoms with Crippen LogP contribution in [0.2, 0.25) is 0 Å². The maximum absolute atomic E-state index is 12.9. The number of likely N-dealkylation sites (N-methyl/N-ethyl adjacent to an activating group) is 1. The number of nitrogens with zero attached hydrogens (tertiary/aromatic N) is 1. The number of rotatable bonds is 6. The van der Waals surface area contributed by atoms with Crippen LogP contribution in [0.3, 0.4) is 0 Å². The number of nitrogens with one attached hydrogen (secondary N) is 2. The molecule has 154 valence electrons. The van der Waals surface area contributed by atoms with Crippen LogP contribution in [0.15, 0.2) is 30.3 Å². The number of carbonyl (C=O) groups excluding carboxylic acids is 3. The number of carbonyl (C=O) groups is 3. The first-order chi connectivity index (χ1) is 13.9. The van der Waals surface area contributed by atoms with Gasteiger partial charge in [-0.2, -0.15) is 0 Å². The van der Waals surface area contributed by atoms with Crippen LogP contribution in [0, 0.1) is 5.92 Å². The normalized spacial score (nSPS) is 15.3. The third kappa shape index (κ3) is 5.44. The molecule has 0 bridgehead atoms. The Morgan fingerprint density at radius 3 is 2.41 bits per heavy atom. The minimum Gasteiger partial charge on any atom is -0.329 e. The average molecular weight is 414 g/mol. The Balaban J connectivity index is 1.61. The molecule has 0 spiro atoms. The zero-order valence-corrected chi connectivity index (χ0v) is 17.9. The summed E-state index contributed by atoms with van der Waals surface area (Å²) >= 11 is 1.57. The van der Waals surface area contributed by atoms with Gasteiger partial charge in [-0.25, -0.2) is 0 Å². The van der Waals surface area contributed by atoms with Gasteiger partial charge in [-0.3, -0.25) is 14.4 Å². The van der Waals surface area contributed by atoms with E-state index in [-0.39, 0.29) is 24.3 Å². The molecule has 2 aromatic rings. The standard InChI is InChI=1S/C22H27N3O3S/c1-4-25(22(28)20-12-16-11-14(2)5-10-19(16)29-20)13-21(27)24-18-8-6-17(7-9-18)23-15(3)26/h6-9,12,14H,4-5,10-11,13H2,1-3H3,(H,23,26)(H,24,27)/t14-/m1/s1. The van der Waals surface area contributed by atoms with Crippen molar-refractivity contribution in [2.75, 3.05) is 23.7 Å². The molecular weight excluding hydrogens is 386 g/mol. The van der Waals surface area contributed by atoms with Gasteiger partial charge in [-0.15, -0.1) is 11.3 Å². The number of benzene rings is 1. The first-order valence-electron chi connectivity index (χ1n) is 9.94. The minimum absolute atomic E-state index is 0.00174. The van der Waals surface area contributed by atoms with Crippen LogP contribution >= 0.6 is 11.3 Å². The Kier molecular flexibility index (Phi) is 6.69. The molecule has 1 atom stereocenters. The van der Waals surface area contributed by atoms with Crippen LogP contribution < -0.4 is 10.6 Å². The Labute approximate surface area is 175 Å². The Bertz CT molecular complexity index is 905. The molecule has 1 aromatic carbocycles. The number of thiophene rings is 1. The van der Waals surface area contributed by atoms with Crippen molar-refractivity contribution in [2.45, 2.75) is 40.0 Å².